The summed E-state index contributed by atoms with van der Waals surface area (Å²) in [5.41, 5.74) is 4.96. The van der Waals surface area contributed by atoms with E-state index < -0.39 is 0 Å². The molecule has 1 aromatic carbocycles. The first-order chi connectivity index (χ1) is 11.4. The minimum atomic E-state index is 0.845. The van der Waals surface area contributed by atoms with Crippen LogP contribution < -0.4 is 5.32 Å². The Balaban J connectivity index is 1.42. The summed E-state index contributed by atoms with van der Waals surface area (Å²) < 4.78 is 5.37. The number of anilines is 1. The highest BCUT2D eigenvalue weighted by Crippen LogP contribution is 2.31. The van der Waals surface area contributed by atoms with Crippen LogP contribution in [0.15, 0.2) is 30.3 Å². The fourth-order valence-corrected chi connectivity index (χ4v) is 3.34. The highest BCUT2D eigenvalue weighted by atomic mass is 16.5. The normalized spacial score (nSPS) is 17.4. The van der Waals surface area contributed by atoms with Crippen LogP contribution in [0.5, 0.6) is 0 Å². The second kappa shape index (κ2) is 6.64. The number of morpholine rings is 1. The van der Waals surface area contributed by atoms with Crippen molar-refractivity contribution < 1.29 is 4.74 Å². The molecule has 1 aliphatic heterocycles. The quantitative estimate of drug-likeness (QED) is 0.936. The fraction of sp³-hybridized carbons (Fsp3) is 0.444. The highest BCUT2D eigenvalue weighted by Gasteiger charge is 2.18. The zero-order valence-electron chi connectivity index (χ0n) is 13.3. The van der Waals surface area contributed by atoms with Crippen LogP contribution >= 0.6 is 0 Å². The molecule has 120 valence electrons. The first-order valence-corrected chi connectivity index (χ1v) is 8.39. The lowest BCUT2D eigenvalue weighted by Gasteiger charge is -2.26. The van der Waals surface area contributed by atoms with Gasteiger partial charge in [-0.05, 0) is 30.0 Å². The van der Waals surface area contributed by atoms with E-state index in [9.17, 15) is 0 Å². The third-order valence-corrected chi connectivity index (χ3v) is 4.65. The maximum atomic E-state index is 5.37. The van der Waals surface area contributed by atoms with E-state index in [4.69, 9.17) is 4.74 Å². The maximum Gasteiger partial charge on any atom is 0.149 e. The molecule has 2 heterocycles. The van der Waals surface area contributed by atoms with Gasteiger partial charge in [-0.2, -0.15) is 0 Å². The number of nitrogens with one attached hydrogen (secondary N) is 1. The van der Waals surface area contributed by atoms with Gasteiger partial charge in [0.15, 0.2) is 0 Å². The number of aromatic nitrogens is 2. The van der Waals surface area contributed by atoms with Crippen LogP contribution in [0.25, 0.3) is 11.3 Å². The minimum absolute atomic E-state index is 0.845. The number of rotatable bonds is 4. The lowest BCUT2D eigenvalue weighted by Crippen LogP contribution is -2.39. The molecule has 1 N–H and O–H groups in total. The molecule has 0 atom stereocenters. The van der Waals surface area contributed by atoms with Crippen molar-refractivity contribution in [3.63, 3.8) is 0 Å². The van der Waals surface area contributed by atoms with Gasteiger partial charge < -0.3 is 10.1 Å². The summed E-state index contributed by atoms with van der Waals surface area (Å²) in [6.45, 7) is 5.65. The Kier molecular flexibility index (Phi) is 4.22. The number of aryl methyl sites for hydroxylation is 2. The Bertz CT molecular complexity index is 682. The number of hydrogen-bond acceptors (Lipinski definition) is 5. The molecule has 2 aliphatic rings. The summed E-state index contributed by atoms with van der Waals surface area (Å²) in [4.78, 5) is 2.42. The molecule has 2 aromatic rings. The fourth-order valence-electron chi connectivity index (χ4n) is 3.34. The molecule has 0 unspecified atom stereocenters. The van der Waals surface area contributed by atoms with Gasteiger partial charge in [0.1, 0.15) is 5.82 Å². The summed E-state index contributed by atoms with van der Waals surface area (Å²) in [7, 11) is 0. The zero-order valence-corrected chi connectivity index (χ0v) is 13.3. The molecule has 4 rings (SSSR count). The van der Waals surface area contributed by atoms with Crippen molar-refractivity contribution in [2.45, 2.75) is 12.8 Å². The average Bonchev–Trinajstić information content (AvgIpc) is 2.62. The number of ether oxygens (including phenoxy) is 1. The number of hydrogen-bond donors (Lipinski definition) is 1. The van der Waals surface area contributed by atoms with E-state index in [1.54, 1.807) is 0 Å². The Labute approximate surface area is 136 Å². The summed E-state index contributed by atoms with van der Waals surface area (Å²) >= 11 is 0. The van der Waals surface area contributed by atoms with Crippen LogP contribution in [0.3, 0.4) is 0 Å². The molecule has 0 saturated carbocycles. The molecule has 23 heavy (non-hydrogen) atoms. The van der Waals surface area contributed by atoms with Gasteiger partial charge in [-0.25, -0.2) is 0 Å². The lowest BCUT2D eigenvalue weighted by molar-refractivity contribution is 0.0398. The third-order valence-electron chi connectivity index (χ3n) is 4.65. The Hall–Kier alpha value is -1.98. The van der Waals surface area contributed by atoms with Gasteiger partial charge in [-0.3, -0.25) is 4.90 Å². The Morgan fingerprint density at radius 1 is 1.04 bits per heavy atom. The van der Waals surface area contributed by atoms with Crippen molar-refractivity contribution >= 4 is 5.82 Å². The van der Waals surface area contributed by atoms with Gasteiger partial charge in [-0.1, -0.05) is 24.3 Å². The highest BCUT2D eigenvalue weighted by molar-refractivity contribution is 5.70. The van der Waals surface area contributed by atoms with Gasteiger partial charge in [0.25, 0.3) is 0 Å². The Morgan fingerprint density at radius 3 is 2.78 bits per heavy atom. The first-order valence-electron chi connectivity index (χ1n) is 8.39. The average molecular weight is 310 g/mol. The standard InChI is InChI=1S/C18H22N4O/c1-2-4-16-14(3-1)5-6-15-13-17(20-21-18(15)16)19-7-8-22-9-11-23-12-10-22/h1-4,13H,5-12H2,(H,19,20). The van der Waals surface area contributed by atoms with E-state index in [2.05, 4.69) is 50.7 Å². The lowest BCUT2D eigenvalue weighted by atomic mass is 9.89. The minimum Gasteiger partial charge on any atom is -0.379 e. The monoisotopic (exact) mass is 310 g/mol. The molecule has 0 amide bonds. The SMILES string of the molecule is c1ccc2c(c1)CCc1cc(NCCN3CCOCC3)nnc1-2. The van der Waals surface area contributed by atoms with Gasteiger partial charge in [0.05, 0.1) is 18.9 Å². The second-order valence-corrected chi connectivity index (χ2v) is 6.14. The third kappa shape index (κ3) is 3.21. The maximum absolute atomic E-state index is 5.37. The molecule has 1 saturated heterocycles. The predicted octanol–water partition coefficient (Wildman–Crippen LogP) is 1.99. The van der Waals surface area contributed by atoms with E-state index in [-0.39, 0.29) is 0 Å². The molecule has 5 heteroatoms. The van der Waals surface area contributed by atoms with Crippen molar-refractivity contribution in [1.29, 1.82) is 0 Å². The number of nitrogens with zero attached hydrogens (tertiary/aromatic N) is 3. The summed E-state index contributed by atoms with van der Waals surface area (Å²) in [6, 6.07) is 10.7. The summed E-state index contributed by atoms with van der Waals surface area (Å²) in [5.74, 6) is 0.886. The Morgan fingerprint density at radius 2 is 1.87 bits per heavy atom. The van der Waals surface area contributed by atoms with Crippen LogP contribution in [-0.2, 0) is 17.6 Å². The van der Waals surface area contributed by atoms with E-state index in [0.29, 0.717) is 0 Å². The molecular weight excluding hydrogens is 288 g/mol. The van der Waals surface area contributed by atoms with Crippen LogP contribution in [-0.4, -0.2) is 54.5 Å². The summed E-state index contributed by atoms with van der Waals surface area (Å²) in [6.07, 6.45) is 2.13. The van der Waals surface area contributed by atoms with E-state index in [1.165, 1.54) is 16.7 Å². The largest absolute Gasteiger partial charge is 0.379 e. The van der Waals surface area contributed by atoms with Crippen molar-refractivity contribution in [2.75, 3.05) is 44.7 Å². The van der Waals surface area contributed by atoms with Crippen LogP contribution in [0.1, 0.15) is 11.1 Å². The molecule has 0 bridgehead atoms. The van der Waals surface area contributed by atoms with Gasteiger partial charge >= 0.3 is 0 Å². The molecule has 1 aliphatic carbocycles. The van der Waals surface area contributed by atoms with Gasteiger partial charge in [0.2, 0.25) is 0 Å². The molecule has 0 spiro atoms. The van der Waals surface area contributed by atoms with E-state index >= 15 is 0 Å². The smallest absolute Gasteiger partial charge is 0.149 e. The van der Waals surface area contributed by atoms with Gasteiger partial charge in [0, 0.05) is 31.7 Å². The topological polar surface area (TPSA) is 50.3 Å². The van der Waals surface area contributed by atoms with Gasteiger partial charge in [-0.15, -0.1) is 10.2 Å². The van der Waals surface area contributed by atoms with Crippen LogP contribution in [0, 0.1) is 0 Å². The molecule has 0 radical (unpaired) electrons. The predicted molar refractivity (Wildman–Crippen MR) is 90.6 cm³/mol. The van der Waals surface area contributed by atoms with E-state index in [1.807, 2.05) is 0 Å². The first kappa shape index (κ1) is 14.6. The molecule has 1 aromatic heterocycles. The van der Waals surface area contributed by atoms with E-state index in [0.717, 1.165) is 63.7 Å². The van der Waals surface area contributed by atoms with Crippen molar-refractivity contribution in [1.82, 2.24) is 15.1 Å². The van der Waals surface area contributed by atoms with Crippen molar-refractivity contribution in [3.05, 3.63) is 41.5 Å². The second-order valence-electron chi connectivity index (χ2n) is 6.14. The summed E-state index contributed by atoms with van der Waals surface area (Å²) in [5, 5.41) is 12.3. The molecule has 5 nitrogen and oxygen atoms in total. The molecular formula is C18H22N4O. The van der Waals surface area contributed by atoms with Crippen molar-refractivity contribution in [2.24, 2.45) is 0 Å². The van der Waals surface area contributed by atoms with Crippen molar-refractivity contribution in [3.8, 4) is 11.3 Å². The van der Waals surface area contributed by atoms with Crippen LogP contribution in [0.2, 0.25) is 0 Å². The van der Waals surface area contributed by atoms with Crippen LogP contribution in [0.4, 0.5) is 5.82 Å². The number of benzene rings is 1. The zero-order chi connectivity index (χ0) is 15.5. The molecule has 1 fully saturated rings. The number of fused-ring (bicyclic) bond motifs is 3.